The summed E-state index contributed by atoms with van der Waals surface area (Å²) in [5.74, 6) is -0.0773. The van der Waals surface area contributed by atoms with Crippen LogP contribution in [0.4, 0.5) is 13.2 Å². The Labute approximate surface area is 151 Å². The number of fused-ring (bicyclic) bond motifs is 1. The standard InChI is InChI=1S/C15H12ClF3N4O2S/c1-3-26(24,25)9-5-4-6-20-11(9)14-21-8-7-10(15(17,18)19)22-13(16)12(8)23(14)2/h4-7H,3H2,1-2H3. The molecule has 3 aromatic rings. The van der Waals surface area contributed by atoms with Crippen molar-refractivity contribution < 1.29 is 21.6 Å². The summed E-state index contributed by atoms with van der Waals surface area (Å²) in [6, 6.07) is 3.61. The minimum atomic E-state index is -4.68. The lowest BCUT2D eigenvalue weighted by molar-refractivity contribution is -0.141. The van der Waals surface area contributed by atoms with E-state index >= 15 is 0 Å². The molecule has 0 aromatic carbocycles. The van der Waals surface area contributed by atoms with Gasteiger partial charge in [-0.15, -0.1) is 0 Å². The monoisotopic (exact) mass is 404 g/mol. The van der Waals surface area contributed by atoms with Gasteiger partial charge in [0, 0.05) is 13.2 Å². The highest BCUT2D eigenvalue weighted by Crippen LogP contribution is 2.35. The van der Waals surface area contributed by atoms with Gasteiger partial charge in [0.25, 0.3) is 0 Å². The molecule has 0 bridgehead atoms. The molecule has 26 heavy (non-hydrogen) atoms. The van der Waals surface area contributed by atoms with Gasteiger partial charge in [-0.3, -0.25) is 4.98 Å². The van der Waals surface area contributed by atoms with Crippen molar-refractivity contribution in [3.05, 3.63) is 35.2 Å². The van der Waals surface area contributed by atoms with E-state index in [2.05, 4.69) is 15.0 Å². The molecular weight excluding hydrogens is 393 g/mol. The van der Waals surface area contributed by atoms with Crippen LogP contribution in [0.15, 0.2) is 29.3 Å². The first kappa shape index (κ1) is 18.6. The van der Waals surface area contributed by atoms with Crippen LogP contribution >= 0.6 is 11.6 Å². The molecule has 0 saturated heterocycles. The van der Waals surface area contributed by atoms with Crippen LogP contribution in [0.5, 0.6) is 0 Å². The molecule has 138 valence electrons. The Kier molecular flexibility index (Phi) is 4.43. The van der Waals surface area contributed by atoms with Crippen molar-refractivity contribution in [1.82, 2.24) is 19.5 Å². The highest BCUT2D eigenvalue weighted by Gasteiger charge is 2.34. The number of aromatic nitrogens is 4. The van der Waals surface area contributed by atoms with E-state index in [-0.39, 0.29) is 38.4 Å². The minimum Gasteiger partial charge on any atom is -0.323 e. The zero-order valence-electron chi connectivity index (χ0n) is 13.5. The third kappa shape index (κ3) is 3.03. The lowest BCUT2D eigenvalue weighted by Crippen LogP contribution is -2.08. The van der Waals surface area contributed by atoms with Crippen LogP contribution in [-0.2, 0) is 23.1 Å². The number of imidazole rings is 1. The van der Waals surface area contributed by atoms with Crippen molar-refractivity contribution in [2.45, 2.75) is 18.0 Å². The maximum Gasteiger partial charge on any atom is 0.433 e. The quantitative estimate of drug-likeness (QED) is 0.624. The molecule has 3 aromatic heterocycles. The van der Waals surface area contributed by atoms with Crippen molar-refractivity contribution in [1.29, 1.82) is 0 Å². The average molecular weight is 405 g/mol. The number of halogens is 4. The minimum absolute atomic E-state index is 0.0395. The second-order valence-electron chi connectivity index (χ2n) is 5.41. The topological polar surface area (TPSA) is 77.7 Å². The summed E-state index contributed by atoms with van der Waals surface area (Å²) < 4.78 is 64.8. The first-order valence-electron chi connectivity index (χ1n) is 7.34. The van der Waals surface area contributed by atoms with E-state index in [0.29, 0.717) is 0 Å². The number of nitrogens with zero attached hydrogens (tertiary/aromatic N) is 4. The van der Waals surface area contributed by atoms with Gasteiger partial charge >= 0.3 is 6.18 Å². The van der Waals surface area contributed by atoms with Gasteiger partial charge in [-0.25, -0.2) is 18.4 Å². The van der Waals surface area contributed by atoms with Gasteiger partial charge in [0.1, 0.15) is 16.9 Å². The predicted molar refractivity (Wildman–Crippen MR) is 89.5 cm³/mol. The van der Waals surface area contributed by atoms with Crippen LogP contribution in [0.1, 0.15) is 12.6 Å². The van der Waals surface area contributed by atoms with Gasteiger partial charge in [0.2, 0.25) is 0 Å². The van der Waals surface area contributed by atoms with Crippen LogP contribution in [0.25, 0.3) is 22.6 Å². The number of pyridine rings is 2. The van der Waals surface area contributed by atoms with Crippen molar-refractivity contribution >= 4 is 32.5 Å². The maximum absolute atomic E-state index is 12.9. The van der Waals surface area contributed by atoms with Gasteiger partial charge in [-0.2, -0.15) is 13.2 Å². The molecular formula is C15H12ClF3N4O2S. The highest BCUT2D eigenvalue weighted by atomic mass is 35.5. The number of hydrogen-bond donors (Lipinski definition) is 0. The van der Waals surface area contributed by atoms with Gasteiger partial charge in [-0.05, 0) is 18.2 Å². The molecule has 3 rings (SSSR count). The van der Waals surface area contributed by atoms with Gasteiger partial charge in [0.15, 0.2) is 20.8 Å². The molecule has 0 N–H and O–H groups in total. The van der Waals surface area contributed by atoms with E-state index in [4.69, 9.17) is 11.6 Å². The molecule has 0 unspecified atom stereocenters. The van der Waals surface area contributed by atoms with E-state index in [1.165, 1.54) is 36.9 Å². The Morgan fingerprint density at radius 3 is 2.58 bits per heavy atom. The smallest absolute Gasteiger partial charge is 0.323 e. The van der Waals surface area contributed by atoms with Crippen molar-refractivity contribution in [2.75, 3.05) is 5.75 Å². The molecule has 0 aliphatic carbocycles. The summed E-state index contributed by atoms with van der Waals surface area (Å²) in [5, 5.41) is -0.382. The van der Waals surface area contributed by atoms with Crippen LogP contribution < -0.4 is 0 Å². The molecule has 11 heteroatoms. The number of hydrogen-bond acceptors (Lipinski definition) is 5. The Morgan fingerprint density at radius 1 is 1.27 bits per heavy atom. The molecule has 0 radical (unpaired) electrons. The largest absolute Gasteiger partial charge is 0.433 e. The number of aryl methyl sites for hydroxylation is 1. The van der Waals surface area contributed by atoms with Gasteiger partial charge in [-0.1, -0.05) is 18.5 Å². The fourth-order valence-corrected chi connectivity index (χ4v) is 3.86. The summed E-state index contributed by atoms with van der Waals surface area (Å²) in [6.07, 6.45) is -3.30. The third-order valence-corrected chi connectivity index (χ3v) is 5.82. The Morgan fingerprint density at radius 2 is 1.96 bits per heavy atom. The molecule has 0 amide bonds. The summed E-state index contributed by atoms with van der Waals surface area (Å²) in [7, 11) is -2.11. The molecule has 0 atom stereocenters. The van der Waals surface area contributed by atoms with Crippen molar-refractivity contribution in [3.63, 3.8) is 0 Å². The molecule has 0 aliphatic rings. The summed E-state index contributed by atoms with van der Waals surface area (Å²) in [6.45, 7) is 1.48. The Balaban J connectivity index is 2.33. The molecule has 3 heterocycles. The maximum atomic E-state index is 12.9. The van der Waals surface area contributed by atoms with Gasteiger partial charge in [0.05, 0.1) is 16.2 Å². The average Bonchev–Trinajstić information content (AvgIpc) is 2.91. The predicted octanol–water partition coefficient (Wildman–Crippen LogP) is 3.50. The van der Waals surface area contributed by atoms with Crippen molar-refractivity contribution in [2.24, 2.45) is 7.05 Å². The molecule has 0 spiro atoms. The van der Waals surface area contributed by atoms with Crippen LogP contribution in [-0.4, -0.2) is 33.7 Å². The fraction of sp³-hybridized carbons (Fsp3) is 0.267. The van der Waals surface area contributed by atoms with E-state index in [9.17, 15) is 21.6 Å². The number of alkyl halides is 3. The van der Waals surface area contributed by atoms with Crippen LogP contribution in [0, 0.1) is 0 Å². The lowest BCUT2D eigenvalue weighted by atomic mass is 10.3. The van der Waals surface area contributed by atoms with E-state index in [1.807, 2.05) is 0 Å². The highest BCUT2D eigenvalue weighted by molar-refractivity contribution is 7.91. The van der Waals surface area contributed by atoms with Crippen LogP contribution in [0.3, 0.4) is 0 Å². The van der Waals surface area contributed by atoms with E-state index in [1.54, 1.807) is 0 Å². The Bertz CT molecular complexity index is 1110. The molecule has 0 aliphatic heterocycles. The normalized spacial score (nSPS) is 12.7. The SMILES string of the molecule is CCS(=O)(=O)c1cccnc1-c1nc2cc(C(F)(F)F)nc(Cl)c2n1C. The summed E-state index contributed by atoms with van der Waals surface area (Å²) in [5.41, 5.74) is -1.04. The number of rotatable bonds is 3. The van der Waals surface area contributed by atoms with Crippen LogP contribution in [0.2, 0.25) is 5.15 Å². The fourth-order valence-electron chi connectivity index (χ4n) is 2.51. The Hall–Kier alpha value is -2.20. The van der Waals surface area contributed by atoms with Crippen molar-refractivity contribution in [3.8, 4) is 11.5 Å². The third-order valence-electron chi connectivity index (χ3n) is 3.80. The molecule has 0 fully saturated rings. The molecule has 0 saturated carbocycles. The zero-order chi connectivity index (χ0) is 19.3. The summed E-state index contributed by atoms with van der Waals surface area (Å²) in [4.78, 5) is 11.5. The summed E-state index contributed by atoms with van der Waals surface area (Å²) >= 11 is 5.92. The lowest BCUT2D eigenvalue weighted by Gasteiger charge is -2.08. The first-order valence-corrected chi connectivity index (χ1v) is 9.37. The zero-order valence-corrected chi connectivity index (χ0v) is 15.1. The van der Waals surface area contributed by atoms with E-state index < -0.39 is 21.7 Å². The van der Waals surface area contributed by atoms with Gasteiger partial charge < -0.3 is 4.57 Å². The molecule has 6 nitrogen and oxygen atoms in total. The number of sulfone groups is 1. The second kappa shape index (κ2) is 6.20. The first-order chi connectivity index (χ1) is 12.1. The second-order valence-corrected chi connectivity index (χ2v) is 8.02. The van der Waals surface area contributed by atoms with E-state index in [0.717, 1.165) is 6.07 Å².